The van der Waals surface area contributed by atoms with Crippen molar-refractivity contribution < 1.29 is 19.1 Å². The van der Waals surface area contributed by atoms with Gasteiger partial charge in [0, 0.05) is 7.05 Å². The minimum absolute atomic E-state index is 0.198. The summed E-state index contributed by atoms with van der Waals surface area (Å²) < 4.78 is 10.9. The third kappa shape index (κ3) is 4.74. The predicted molar refractivity (Wildman–Crippen MR) is 100 cm³/mol. The van der Waals surface area contributed by atoms with Gasteiger partial charge in [-0.05, 0) is 57.2 Å². The van der Waals surface area contributed by atoms with Crippen LogP contribution in [0.15, 0.2) is 6.07 Å². The fourth-order valence-electron chi connectivity index (χ4n) is 2.43. The molecule has 0 heterocycles. The molecule has 5 heteroatoms. The number of carbonyl (C=O) groups excluding carboxylic acids is 2. The summed E-state index contributed by atoms with van der Waals surface area (Å²) in [6.07, 6.45) is 0. The predicted octanol–water partition coefficient (Wildman–Crippen LogP) is 4.46. The minimum Gasteiger partial charge on any atom is -0.462 e. The maximum atomic E-state index is 12.7. The minimum atomic E-state index is -0.680. The van der Waals surface area contributed by atoms with E-state index in [2.05, 4.69) is 26.1 Å². The summed E-state index contributed by atoms with van der Waals surface area (Å²) in [6, 6.07) is 1.96. The molecule has 0 amide bonds. The monoisotopic (exact) mass is 349 g/mol. The first-order valence-corrected chi connectivity index (χ1v) is 8.59. The summed E-state index contributed by atoms with van der Waals surface area (Å²) in [4.78, 5) is 25.1. The number of rotatable bonds is 4. The summed E-state index contributed by atoms with van der Waals surface area (Å²) in [6.45, 7) is 15.4. The van der Waals surface area contributed by atoms with Crippen LogP contribution in [0, 0.1) is 12.3 Å². The highest BCUT2D eigenvalue weighted by Crippen LogP contribution is 2.40. The standard InChI is InChI=1S/C20H31NO4/c1-10-24-17(22)14-15(21-9)13(19(3,4)5)11-12(2)16(14)25-18(23)20(6,7)8/h11,21H,10H2,1-9H3. The fraction of sp³-hybridized carbons (Fsp3) is 0.600. The molecule has 0 unspecified atom stereocenters. The Kier molecular flexibility index (Phi) is 6.27. The Labute approximate surface area is 151 Å². The highest BCUT2D eigenvalue weighted by Gasteiger charge is 2.32. The van der Waals surface area contributed by atoms with Crippen LogP contribution < -0.4 is 10.1 Å². The van der Waals surface area contributed by atoms with Gasteiger partial charge in [0.05, 0.1) is 17.7 Å². The lowest BCUT2D eigenvalue weighted by Gasteiger charge is -2.27. The zero-order valence-corrected chi connectivity index (χ0v) is 16.9. The van der Waals surface area contributed by atoms with Crippen molar-refractivity contribution >= 4 is 17.6 Å². The van der Waals surface area contributed by atoms with Crippen molar-refractivity contribution in [2.24, 2.45) is 5.41 Å². The summed E-state index contributed by atoms with van der Waals surface area (Å²) in [5, 5.41) is 3.10. The van der Waals surface area contributed by atoms with Gasteiger partial charge in [0.15, 0.2) is 0 Å². The van der Waals surface area contributed by atoms with Gasteiger partial charge < -0.3 is 14.8 Å². The average Bonchev–Trinajstić information content (AvgIpc) is 2.46. The number of carbonyl (C=O) groups is 2. The van der Waals surface area contributed by atoms with Crippen LogP contribution in [0.2, 0.25) is 0 Å². The van der Waals surface area contributed by atoms with Gasteiger partial charge in [-0.3, -0.25) is 4.79 Å². The zero-order valence-electron chi connectivity index (χ0n) is 16.9. The Hall–Kier alpha value is -2.04. The van der Waals surface area contributed by atoms with Crippen LogP contribution in [0.1, 0.15) is 70.0 Å². The van der Waals surface area contributed by atoms with Gasteiger partial charge >= 0.3 is 11.9 Å². The molecule has 0 aliphatic rings. The molecule has 5 nitrogen and oxygen atoms in total. The van der Waals surface area contributed by atoms with Crippen molar-refractivity contribution in [1.82, 2.24) is 0 Å². The Morgan fingerprint density at radius 3 is 2.08 bits per heavy atom. The molecule has 25 heavy (non-hydrogen) atoms. The van der Waals surface area contributed by atoms with Crippen molar-refractivity contribution in [3.05, 3.63) is 22.8 Å². The van der Waals surface area contributed by atoms with Gasteiger partial charge in [-0.15, -0.1) is 0 Å². The highest BCUT2D eigenvalue weighted by molar-refractivity contribution is 6.01. The van der Waals surface area contributed by atoms with Gasteiger partial charge in [-0.2, -0.15) is 0 Å². The van der Waals surface area contributed by atoms with E-state index in [0.717, 1.165) is 11.1 Å². The number of nitrogens with one attached hydrogen (secondary N) is 1. The molecule has 1 rings (SSSR count). The van der Waals surface area contributed by atoms with Crippen LogP contribution in [-0.2, 0) is 14.9 Å². The van der Waals surface area contributed by atoms with E-state index in [1.807, 2.05) is 13.0 Å². The van der Waals surface area contributed by atoms with Crippen molar-refractivity contribution in [1.29, 1.82) is 0 Å². The van der Waals surface area contributed by atoms with E-state index >= 15 is 0 Å². The van der Waals surface area contributed by atoms with Crippen molar-refractivity contribution in [3.8, 4) is 5.75 Å². The average molecular weight is 349 g/mol. The van der Waals surface area contributed by atoms with E-state index < -0.39 is 17.4 Å². The van der Waals surface area contributed by atoms with Crippen LogP contribution in [0.5, 0.6) is 5.75 Å². The van der Waals surface area contributed by atoms with E-state index in [0.29, 0.717) is 5.69 Å². The molecule has 0 radical (unpaired) electrons. The molecule has 0 bridgehead atoms. The Morgan fingerprint density at radius 1 is 1.12 bits per heavy atom. The van der Waals surface area contributed by atoms with Crippen molar-refractivity contribution in [3.63, 3.8) is 0 Å². The van der Waals surface area contributed by atoms with E-state index in [1.165, 1.54) is 0 Å². The Bertz CT molecular complexity index is 664. The second kappa shape index (κ2) is 7.46. The second-order valence-electron chi connectivity index (χ2n) is 8.18. The lowest BCUT2D eigenvalue weighted by molar-refractivity contribution is -0.143. The second-order valence-corrected chi connectivity index (χ2v) is 8.18. The number of esters is 2. The molecule has 0 aliphatic heterocycles. The maximum Gasteiger partial charge on any atom is 0.344 e. The van der Waals surface area contributed by atoms with E-state index in [1.54, 1.807) is 34.7 Å². The first-order chi connectivity index (χ1) is 11.3. The topological polar surface area (TPSA) is 64.6 Å². The quantitative estimate of drug-likeness (QED) is 0.642. The van der Waals surface area contributed by atoms with Gasteiger partial charge in [-0.1, -0.05) is 20.8 Å². The van der Waals surface area contributed by atoms with Crippen LogP contribution in [0.25, 0.3) is 0 Å². The molecule has 0 aliphatic carbocycles. The van der Waals surface area contributed by atoms with E-state index in [9.17, 15) is 9.59 Å². The molecular formula is C20H31NO4. The molecule has 0 saturated heterocycles. The summed E-state index contributed by atoms with van der Waals surface area (Å²) in [5.41, 5.74) is 1.72. The van der Waals surface area contributed by atoms with Gasteiger partial charge in [-0.25, -0.2) is 4.79 Å². The SMILES string of the molecule is CCOC(=O)c1c(NC)c(C(C)(C)C)cc(C)c1OC(=O)C(C)(C)C. The number of ether oxygens (including phenoxy) is 2. The Morgan fingerprint density at radius 2 is 1.68 bits per heavy atom. The number of aryl methyl sites for hydroxylation is 1. The van der Waals surface area contributed by atoms with Crippen LogP contribution >= 0.6 is 0 Å². The van der Waals surface area contributed by atoms with Crippen molar-refractivity contribution in [2.45, 2.75) is 60.8 Å². The van der Waals surface area contributed by atoms with Crippen LogP contribution in [0.3, 0.4) is 0 Å². The van der Waals surface area contributed by atoms with Gasteiger partial charge in [0.25, 0.3) is 0 Å². The molecular weight excluding hydrogens is 318 g/mol. The van der Waals surface area contributed by atoms with Gasteiger partial charge in [0.2, 0.25) is 0 Å². The lowest BCUT2D eigenvalue weighted by atomic mass is 9.83. The van der Waals surface area contributed by atoms with Crippen molar-refractivity contribution in [2.75, 3.05) is 19.0 Å². The van der Waals surface area contributed by atoms with Gasteiger partial charge in [0.1, 0.15) is 11.3 Å². The number of hydrogen-bond acceptors (Lipinski definition) is 5. The van der Waals surface area contributed by atoms with Crippen LogP contribution in [-0.4, -0.2) is 25.6 Å². The normalized spacial score (nSPS) is 11.9. The number of benzene rings is 1. The maximum absolute atomic E-state index is 12.7. The molecule has 0 saturated carbocycles. The molecule has 0 spiro atoms. The zero-order chi connectivity index (χ0) is 19.6. The molecule has 140 valence electrons. The van der Waals surface area contributed by atoms with Crippen LogP contribution in [0.4, 0.5) is 5.69 Å². The third-order valence-electron chi connectivity index (χ3n) is 3.81. The third-order valence-corrected chi connectivity index (χ3v) is 3.81. The highest BCUT2D eigenvalue weighted by atomic mass is 16.5. The number of anilines is 1. The summed E-state index contributed by atoms with van der Waals surface area (Å²) in [7, 11) is 1.75. The smallest absolute Gasteiger partial charge is 0.344 e. The first-order valence-electron chi connectivity index (χ1n) is 8.59. The summed E-state index contributed by atoms with van der Waals surface area (Å²) >= 11 is 0. The molecule has 0 atom stereocenters. The molecule has 1 aromatic rings. The Balaban J connectivity index is 3.71. The summed E-state index contributed by atoms with van der Waals surface area (Å²) in [5.74, 6) is -0.639. The molecule has 1 N–H and O–H groups in total. The molecule has 0 fully saturated rings. The number of hydrogen-bond donors (Lipinski definition) is 1. The first kappa shape index (κ1) is 21.0. The van der Waals surface area contributed by atoms with E-state index in [4.69, 9.17) is 9.47 Å². The molecule has 1 aromatic carbocycles. The fourth-order valence-corrected chi connectivity index (χ4v) is 2.43. The molecule has 0 aromatic heterocycles. The van der Waals surface area contributed by atoms with E-state index in [-0.39, 0.29) is 23.3 Å². The lowest BCUT2D eigenvalue weighted by Crippen LogP contribution is -2.27. The largest absolute Gasteiger partial charge is 0.462 e.